The summed E-state index contributed by atoms with van der Waals surface area (Å²) in [6.45, 7) is 4.15. The van der Waals surface area contributed by atoms with Crippen LogP contribution in [0.2, 0.25) is 5.02 Å². The minimum atomic E-state index is 0.118. The third-order valence-corrected chi connectivity index (χ3v) is 6.06. The number of nitrogens with one attached hydrogen (secondary N) is 2. The number of fused-ring (bicyclic) bond motifs is 1. The second-order valence-electron chi connectivity index (χ2n) is 8.21. The number of carbonyl (C=O) groups excluding carboxylic acids is 1. The van der Waals surface area contributed by atoms with Crippen LogP contribution in [-0.4, -0.2) is 44.8 Å². The van der Waals surface area contributed by atoms with Crippen molar-refractivity contribution in [1.82, 2.24) is 25.1 Å². The molecule has 1 fully saturated rings. The van der Waals surface area contributed by atoms with Crippen molar-refractivity contribution in [2.24, 2.45) is 0 Å². The Morgan fingerprint density at radius 2 is 1.97 bits per heavy atom. The summed E-state index contributed by atoms with van der Waals surface area (Å²) < 4.78 is 7.12. The van der Waals surface area contributed by atoms with E-state index in [1.165, 1.54) is 0 Å². The molecule has 0 atom stereocenters. The molecular weight excluding hydrogens is 428 g/mol. The highest BCUT2D eigenvalue weighted by atomic mass is 35.5. The van der Waals surface area contributed by atoms with Gasteiger partial charge < -0.3 is 15.4 Å². The van der Waals surface area contributed by atoms with Crippen LogP contribution < -0.4 is 10.6 Å². The molecule has 9 heteroatoms. The van der Waals surface area contributed by atoms with Gasteiger partial charge in [-0.25, -0.2) is 14.6 Å². The molecule has 1 saturated carbocycles. The summed E-state index contributed by atoms with van der Waals surface area (Å²) in [6.07, 6.45) is 4.34. The Labute approximate surface area is 192 Å². The molecule has 0 aliphatic heterocycles. The molecule has 4 rings (SSSR count). The standard InChI is InChI=1S/C23H29ClN6O2/c1-4-20(31)25-16-8-10-17(11-9-16)26-22-21-14(2)29-30(18-7-5-6-15(24)12-18)23(21)28-19(27-22)13-32-3/h5-7,12,16-17H,4,8-11,13H2,1-3H3,(H,25,31)(H,26,27,28). The average molecular weight is 457 g/mol. The molecule has 0 spiro atoms. The van der Waals surface area contributed by atoms with Crippen molar-refractivity contribution in [3.8, 4) is 5.69 Å². The minimum absolute atomic E-state index is 0.118. The molecule has 32 heavy (non-hydrogen) atoms. The molecule has 8 nitrogen and oxygen atoms in total. The van der Waals surface area contributed by atoms with Gasteiger partial charge in [0.15, 0.2) is 11.5 Å². The maximum absolute atomic E-state index is 11.7. The SMILES string of the molecule is CCC(=O)NC1CCC(Nc2nc(COC)nc3c2c(C)nn3-c2cccc(Cl)c2)CC1. The predicted octanol–water partition coefficient (Wildman–Crippen LogP) is 4.17. The molecule has 2 N–H and O–H groups in total. The van der Waals surface area contributed by atoms with Crippen molar-refractivity contribution in [2.75, 3.05) is 12.4 Å². The number of ether oxygens (including phenoxy) is 1. The van der Waals surface area contributed by atoms with Crippen LogP contribution in [0.15, 0.2) is 24.3 Å². The first-order valence-electron chi connectivity index (χ1n) is 11.1. The number of carbonyl (C=O) groups is 1. The topological polar surface area (TPSA) is 94.0 Å². The second kappa shape index (κ2) is 9.83. The van der Waals surface area contributed by atoms with Crippen LogP contribution in [-0.2, 0) is 16.1 Å². The Kier molecular flexibility index (Phi) is 6.91. The quantitative estimate of drug-likeness (QED) is 0.554. The fraction of sp³-hybridized carbons (Fsp3) is 0.478. The van der Waals surface area contributed by atoms with Crippen LogP contribution in [0.25, 0.3) is 16.7 Å². The number of rotatable bonds is 7. The third-order valence-electron chi connectivity index (χ3n) is 5.83. The molecule has 0 bridgehead atoms. The van der Waals surface area contributed by atoms with Crippen LogP contribution in [0.5, 0.6) is 0 Å². The summed E-state index contributed by atoms with van der Waals surface area (Å²) in [5, 5.41) is 13.0. The van der Waals surface area contributed by atoms with Gasteiger partial charge in [0, 0.05) is 30.6 Å². The zero-order valence-electron chi connectivity index (χ0n) is 18.7. The van der Waals surface area contributed by atoms with Gasteiger partial charge in [-0.1, -0.05) is 24.6 Å². The van der Waals surface area contributed by atoms with Crippen LogP contribution in [0.1, 0.15) is 50.5 Å². The lowest BCUT2D eigenvalue weighted by Crippen LogP contribution is -2.40. The van der Waals surface area contributed by atoms with Gasteiger partial charge in [-0.05, 0) is 50.8 Å². The Morgan fingerprint density at radius 3 is 2.66 bits per heavy atom. The summed E-state index contributed by atoms with van der Waals surface area (Å²) in [6, 6.07) is 8.07. The second-order valence-corrected chi connectivity index (χ2v) is 8.65. The molecule has 170 valence electrons. The number of hydrogen-bond acceptors (Lipinski definition) is 6. The van der Waals surface area contributed by atoms with E-state index in [2.05, 4.69) is 10.6 Å². The van der Waals surface area contributed by atoms with Gasteiger partial charge in [0.1, 0.15) is 12.4 Å². The van der Waals surface area contributed by atoms with Crippen molar-refractivity contribution in [3.05, 3.63) is 40.8 Å². The number of aromatic nitrogens is 4. The number of nitrogens with zero attached hydrogens (tertiary/aromatic N) is 4. The molecule has 1 aliphatic carbocycles. The number of amides is 1. The summed E-state index contributed by atoms with van der Waals surface area (Å²) in [7, 11) is 1.63. The van der Waals surface area contributed by atoms with E-state index in [0.717, 1.165) is 53.9 Å². The molecule has 1 aromatic carbocycles. The molecule has 2 heterocycles. The van der Waals surface area contributed by atoms with Crippen LogP contribution >= 0.6 is 11.6 Å². The highest BCUT2D eigenvalue weighted by Crippen LogP contribution is 2.30. The lowest BCUT2D eigenvalue weighted by atomic mass is 9.91. The van der Waals surface area contributed by atoms with E-state index in [9.17, 15) is 4.79 Å². The van der Waals surface area contributed by atoms with E-state index in [0.29, 0.717) is 23.9 Å². The fourth-order valence-corrected chi connectivity index (χ4v) is 4.40. The number of aryl methyl sites for hydroxylation is 1. The van der Waals surface area contributed by atoms with Crippen molar-refractivity contribution < 1.29 is 9.53 Å². The third kappa shape index (κ3) is 4.86. The van der Waals surface area contributed by atoms with Gasteiger partial charge in [-0.15, -0.1) is 0 Å². The van der Waals surface area contributed by atoms with Gasteiger partial charge >= 0.3 is 0 Å². The van der Waals surface area contributed by atoms with Crippen molar-refractivity contribution in [2.45, 2.75) is 64.6 Å². The van der Waals surface area contributed by atoms with Gasteiger partial charge in [-0.2, -0.15) is 5.10 Å². The number of methoxy groups -OCH3 is 1. The zero-order chi connectivity index (χ0) is 22.7. The monoisotopic (exact) mass is 456 g/mol. The van der Waals surface area contributed by atoms with E-state index < -0.39 is 0 Å². The Hall–Kier alpha value is -2.71. The van der Waals surface area contributed by atoms with E-state index >= 15 is 0 Å². The summed E-state index contributed by atoms with van der Waals surface area (Å²) >= 11 is 6.21. The predicted molar refractivity (Wildman–Crippen MR) is 125 cm³/mol. The van der Waals surface area contributed by atoms with Crippen LogP contribution in [0.4, 0.5) is 5.82 Å². The minimum Gasteiger partial charge on any atom is -0.377 e. The molecule has 1 aliphatic rings. The summed E-state index contributed by atoms with van der Waals surface area (Å²) in [5.41, 5.74) is 2.41. The molecule has 3 aromatic rings. The number of halogens is 1. The highest BCUT2D eigenvalue weighted by Gasteiger charge is 2.25. The van der Waals surface area contributed by atoms with Gasteiger partial charge in [-0.3, -0.25) is 4.79 Å². The molecular formula is C23H29ClN6O2. The maximum atomic E-state index is 11.7. The van der Waals surface area contributed by atoms with Crippen molar-refractivity contribution in [1.29, 1.82) is 0 Å². The van der Waals surface area contributed by atoms with Gasteiger partial charge in [0.2, 0.25) is 5.91 Å². The van der Waals surface area contributed by atoms with E-state index in [1.807, 2.05) is 38.1 Å². The Bertz CT molecular complexity index is 1110. The molecule has 0 saturated heterocycles. The van der Waals surface area contributed by atoms with Crippen LogP contribution in [0.3, 0.4) is 0 Å². The van der Waals surface area contributed by atoms with Crippen molar-refractivity contribution >= 4 is 34.4 Å². The maximum Gasteiger partial charge on any atom is 0.219 e. The molecule has 0 unspecified atom stereocenters. The average Bonchev–Trinajstić information content (AvgIpc) is 3.12. The number of anilines is 1. The number of hydrogen-bond donors (Lipinski definition) is 2. The smallest absolute Gasteiger partial charge is 0.219 e. The summed E-state index contributed by atoms with van der Waals surface area (Å²) in [4.78, 5) is 21.2. The molecule has 1 amide bonds. The first-order chi connectivity index (χ1) is 15.5. The van der Waals surface area contributed by atoms with Gasteiger partial charge in [0.25, 0.3) is 0 Å². The number of benzene rings is 1. The lowest BCUT2D eigenvalue weighted by molar-refractivity contribution is -0.121. The zero-order valence-corrected chi connectivity index (χ0v) is 19.4. The first kappa shape index (κ1) is 22.5. The first-order valence-corrected chi connectivity index (χ1v) is 11.4. The fourth-order valence-electron chi connectivity index (χ4n) is 4.22. The van der Waals surface area contributed by atoms with E-state index in [4.69, 9.17) is 31.4 Å². The van der Waals surface area contributed by atoms with Gasteiger partial charge in [0.05, 0.1) is 16.8 Å². The largest absolute Gasteiger partial charge is 0.377 e. The van der Waals surface area contributed by atoms with E-state index in [1.54, 1.807) is 11.8 Å². The Morgan fingerprint density at radius 1 is 1.22 bits per heavy atom. The normalized spacial score (nSPS) is 18.6. The lowest BCUT2D eigenvalue weighted by Gasteiger charge is -2.30. The summed E-state index contributed by atoms with van der Waals surface area (Å²) in [5.74, 6) is 1.48. The highest BCUT2D eigenvalue weighted by molar-refractivity contribution is 6.30. The van der Waals surface area contributed by atoms with Crippen LogP contribution in [0, 0.1) is 6.92 Å². The molecule has 2 aromatic heterocycles. The Balaban J connectivity index is 1.63. The van der Waals surface area contributed by atoms with Crippen molar-refractivity contribution in [3.63, 3.8) is 0 Å². The molecule has 0 radical (unpaired) electrons. The van der Waals surface area contributed by atoms with E-state index in [-0.39, 0.29) is 18.0 Å².